The topological polar surface area (TPSA) is 159 Å². The molecule has 0 radical (unpaired) electrons. The van der Waals surface area contributed by atoms with E-state index in [0.29, 0.717) is 24.6 Å². The van der Waals surface area contributed by atoms with Gasteiger partial charge in [-0.1, -0.05) is 113 Å². The number of carbonyl (C=O) groups excluding carboxylic acids is 4. The highest BCUT2D eigenvalue weighted by Gasteiger charge is 2.32. The second-order valence-corrected chi connectivity index (χ2v) is 14.0. The van der Waals surface area contributed by atoms with Crippen LogP contribution in [0.5, 0.6) is 0 Å². The van der Waals surface area contributed by atoms with Crippen LogP contribution in [-0.2, 0) is 38.6 Å². The van der Waals surface area contributed by atoms with Crippen LogP contribution in [0.15, 0.2) is 97.2 Å². The Hall–Kier alpha value is -5.29. The lowest BCUT2D eigenvalue weighted by Crippen LogP contribution is -2.57. The summed E-state index contributed by atoms with van der Waals surface area (Å²) < 4.78 is 5.49. The molecule has 0 spiro atoms. The summed E-state index contributed by atoms with van der Waals surface area (Å²) in [5.74, 6) is -1.08. The molecule has 1 heterocycles. The minimum atomic E-state index is -1.16. The maximum atomic E-state index is 14.2. The monoisotopic (exact) mass is 723 g/mol. The summed E-state index contributed by atoms with van der Waals surface area (Å²) >= 11 is 0. The van der Waals surface area contributed by atoms with E-state index in [4.69, 9.17) is 4.74 Å². The van der Waals surface area contributed by atoms with E-state index in [2.05, 4.69) is 26.3 Å². The molecular formula is C42H53N5O6. The van der Waals surface area contributed by atoms with Crippen molar-refractivity contribution in [2.24, 2.45) is 11.8 Å². The van der Waals surface area contributed by atoms with E-state index >= 15 is 0 Å². The number of ether oxygens (including phenoxy) is 1. The minimum absolute atomic E-state index is 0.00913. The van der Waals surface area contributed by atoms with Crippen molar-refractivity contribution in [3.8, 4) is 0 Å². The highest BCUT2D eigenvalue weighted by molar-refractivity contribution is 5.93. The lowest BCUT2D eigenvalue weighted by atomic mass is 9.96. The molecule has 0 saturated heterocycles. The number of pyridine rings is 1. The standard InChI is InChI=1S/C42H53N5O6/c1-5-29(4)26-44-39(49)25-38(48)35(22-28(2)3)45-41(51)37(24-33-19-11-12-21-43-33)46-40(50)36(47-42(52)53-27-30-14-7-6-8-15-30)23-32-18-13-17-31-16-9-10-20-34(31)32/h6-21,28-29,35-38,48H,5,22-27H2,1-4H3,(H,44,49)(H,45,51)(H,46,50)(H,47,52)/t29?,35-,36-,37?,38-/m0/s1. The molecule has 1 aromatic heterocycles. The van der Waals surface area contributed by atoms with Crippen LogP contribution in [0.2, 0.25) is 0 Å². The van der Waals surface area contributed by atoms with Crippen LogP contribution in [0.3, 0.4) is 0 Å². The van der Waals surface area contributed by atoms with Crippen molar-refractivity contribution in [1.82, 2.24) is 26.3 Å². The Bertz CT molecular complexity index is 1760. The van der Waals surface area contributed by atoms with Crippen LogP contribution in [0.1, 0.15) is 63.8 Å². The molecule has 0 fully saturated rings. The first-order valence-electron chi connectivity index (χ1n) is 18.4. The van der Waals surface area contributed by atoms with Gasteiger partial charge < -0.3 is 31.1 Å². The number of alkyl carbamates (subject to hydrolysis) is 1. The highest BCUT2D eigenvalue weighted by atomic mass is 16.5. The molecule has 0 bridgehead atoms. The fourth-order valence-electron chi connectivity index (χ4n) is 5.96. The molecule has 5 atom stereocenters. The van der Waals surface area contributed by atoms with Crippen molar-refractivity contribution in [1.29, 1.82) is 0 Å². The number of rotatable bonds is 19. The largest absolute Gasteiger partial charge is 0.445 e. The number of benzene rings is 3. The van der Waals surface area contributed by atoms with Crippen molar-refractivity contribution >= 4 is 34.6 Å². The van der Waals surface area contributed by atoms with Gasteiger partial charge in [-0.3, -0.25) is 19.4 Å². The van der Waals surface area contributed by atoms with E-state index in [1.807, 2.05) is 100 Å². The van der Waals surface area contributed by atoms with Crippen molar-refractivity contribution in [3.63, 3.8) is 0 Å². The minimum Gasteiger partial charge on any atom is -0.445 e. The van der Waals surface area contributed by atoms with Crippen molar-refractivity contribution < 1.29 is 29.0 Å². The average molecular weight is 724 g/mol. The summed E-state index contributed by atoms with van der Waals surface area (Å²) in [6, 6.07) is 25.0. The average Bonchev–Trinajstić information content (AvgIpc) is 3.16. The molecule has 0 aliphatic rings. The SMILES string of the molecule is CCC(C)CNC(=O)C[C@H](O)[C@H](CC(C)C)NC(=O)C(Cc1ccccn1)NC(=O)[C@H](Cc1cccc2ccccc12)NC(=O)OCc1ccccc1. The predicted molar refractivity (Wildman–Crippen MR) is 206 cm³/mol. The van der Waals surface area contributed by atoms with Gasteiger partial charge in [-0.05, 0) is 52.3 Å². The zero-order chi connectivity index (χ0) is 38.2. The normalized spacial score (nSPS) is 14.0. The Balaban J connectivity index is 1.56. The fraction of sp³-hybridized carbons (Fsp3) is 0.405. The van der Waals surface area contributed by atoms with E-state index in [1.54, 1.807) is 24.4 Å². The molecule has 2 unspecified atom stereocenters. The van der Waals surface area contributed by atoms with E-state index < -0.39 is 42.1 Å². The van der Waals surface area contributed by atoms with Gasteiger partial charge in [0.15, 0.2) is 0 Å². The molecule has 4 amide bonds. The Morgan fingerprint density at radius 3 is 2.17 bits per heavy atom. The maximum Gasteiger partial charge on any atom is 0.408 e. The Kier molecular flexibility index (Phi) is 15.8. The fourth-order valence-corrected chi connectivity index (χ4v) is 5.96. The molecule has 11 heteroatoms. The molecular weight excluding hydrogens is 670 g/mol. The van der Waals surface area contributed by atoms with Gasteiger partial charge in [0.05, 0.1) is 18.6 Å². The van der Waals surface area contributed by atoms with E-state index in [-0.39, 0.29) is 37.7 Å². The first-order chi connectivity index (χ1) is 25.5. The molecule has 282 valence electrons. The third-order valence-electron chi connectivity index (χ3n) is 9.15. The summed E-state index contributed by atoms with van der Waals surface area (Å²) in [4.78, 5) is 58.5. The number of aliphatic hydroxyl groups is 1. The number of hydrogen-bond donors (Lipinski definition) is 5. The molecule has 0 aliphatic heterocycles. The van der Waals surface area contributed by atoms with Crippen LogP contribution in [0.25, 0.3) is 10.8 Å². The van der Waals surface area contributed by atoms with Crippen LogP contribution < -0.4 is 21.3 Å². The Morgan fingerprint density at radius 1 is 0.774 bits per heavy atom. The van der Waals surface area contributed by atoms with Crippen molar-refractivity contribution in [3.05, 3.63) is 114 Å². The van der Waals surface area contributed by atoms with Gasteiger partial charge in [0.2, 0.25) is 17.7 Å². The zero-order valence-corrected chi connectivity index (χ0v) is 31.1. The maximum absolute atomic E-state index is 14.2. The molecule has 4 aromatic rings. The third-order valence-corrected chi connectivity index (χ3v) is 9.15. The highest BCUT2D eigenvalue weighted by Crippen LogP contribution is 2.20. The zero-order valence-electron chi connectivity index (χ0n) is 31.1. The van der Waals surface area contributed by atoms with Gasteiger partial charge in [0.25, 0.3) is 0 Å². The molecule has 0 aliphatic carbocycles. The second-order valence-electron chi connectivity index (χ2n) is 14.0. The number of fused-ring (bicyclic) bond motifs is 1. The van der Waals surface area contributed by atoms with Gasteiger partial charge in [-0.25, -0.2) is 4.79 Å². The van der Waals surface area contributed by atoms with Crippen LogP contribution >= 0.6 is 0 Å². The quantitative estimate of drug-likeness (QED) is 0.0885. The van der Waals surface area contributed by atoms with Crippen LogP contribution in [-0.4, -0.2) is 64.7 Å². The van der Waals surface area contributed by atoms with Gasteiger partial charge in [0.1, 0.15) is 18.7 Å². The number of aliphatic hydroxyl groups excluding tert-OH is 1. The lowest BCUT2D eigenvalue weighted by Gasteiger charge is -2.29. The van der Waals surface area contributed by atoms with Crippen molar-refractivity contribution in [2.45, 2.75) is 90.6 Å². The second kappa shape index (κ2) is 20.7. The van der Waals surface area contributed by atoms with Crippen LogP contribution in [0.4, 0.5) is 4.79 Å². The molecule has 5 N–H and O–H groups in total. The molecule has 11 nitrogen and oxygen atoms in total. The van der Waals surface area contributed by atoms with E-state index in [1.165, 1.54) is 0 Å². The van der Waals surface area contributed by atoms with Crippen LogP contribution in [0, 0.1) is 11.8 Å². The summed E-state index contributed by atoms with van der Waals surface area (Å²) in [7, 11) is 0. The number of hydrogen-bond acceptors (Lipinski definition) is 7. The molecule has 3 aromatic carbocycles. The van der Waals surface area contributed by atoms with Gasteiger partial charge in [-0.15, -0.1) is 0 Å². The Labute approximate surface area is 312 Å². The number of aromatic nitrogens is 1. The Morgan fingerprint density at radius 2 is 1.45 bits per heavy atom. The first-order valence-corrected chi connectivity index (χ1v) is 18.4. The molecule has 0 saturated carbocycles. The predicted octanol–water partition coefficient (Wildman–Crippen LogP) is 5.24. The molecule has 53 heavy (non-hydrogen) atoms. The lowest BCUT2D eigenvalue weighted by molar-refractivity contribution is -0.131. The summed E-state index contributed by atoms with van der Waals surface area (Å²) in [6.45, 7) is 8.50. The summed E-state index contributed by atoms with van der Waals surface area (Å²) in [6.07, 6.45) is 0.927. The van der Waals surface area contributed by atoms with Crippen molar-refractivity contribution in [2.75, 3.05) is 6.54 Å². The van der Waals surface area contributed by atoms with Gasteiger partial charge in [-0.2, -0.15) is 0 Å². The first kappa shape index (κ1) is 40.5. The van der Waals surface area contributed by atoms with E-state index in [9.17, 15) is 24.3 Å². The smallest absolute Gasteiger partial charge is 0.408 e. The van der Waals surface area contributed by atoms with E-state index in [0.717, 1.165) is 28.3 Å². The summed E-state index contributed by atoms with van der Waals surface area (Å²) in [5.41, 5.74) is 2.17. The van der Waals surface area contributed by atoms with Gasteiger partial charge in [0, 0.05) is 31.3 Å². The third kappa shape index (κ3) is 13.3. The molecule has 4 rings (SSSR count). The number of nitrogens with one attached hydrogen (secondary N) is 4. The summed E-state index contributed by atoms with van der Waals surface area (Å²) in [5, 5.41) is 24.5. The number of amides is 4. The number of carbonyl (C=O) groups is 4. The van der Waals surface area contributed by atoms with Gasteiger partial charge >= 0.3 is 6.09 Å². The number of nitrogens with zero attached hydrogens (tertiary/aromatic N) is 1.